The molecule has 102 valence electrons. The van der Waals surface area contributed by atoms with Crippen LogP contribution in [0.1, 0.15) is 60.3 Å². The summed E-state index contributed by atoms with van der Waals surface area (Å²) >= 11 is 0. The molecule has 0 bridgehead atoms. The van der Waals surface area contributed by atoms with Gasteiger partial charge in [-0.3, -0.25) is 4.79 Å². The van der Waals surface area contributed by atoms with Crippen LogP contribution in [0.3, 0.4) is 0 Å². The fraction of sp³-hybridized carbons (Fsp3) is 0.929. The zero-order valence-electron chi connectivity index (χ0n) is 12.3. The number of hydrogen-bond donors (Lipinski definition) is 1. The van der Waals surface area contributed by atoms with Crippen molar-refractivity contribution in [3.63, 3.8) is 0 Å². The van der Waals surface area contributed by atoms with E-state index in [-0.39, 0.29) is 11.9 Å². The maximum Gasteiger partial charge on any atom is 0.239 e. The van der Waals surface area contributed by atoms with Crippen LogP contribution in [0.4, 0.5) is 0 Å². The van der Waals surface area contributed by atoms with E-state index in [0.29, 0.717) is 6.04 Å². The number of nitrogens with one attached hydrogen (secondary N) is 1. The third-order valence-corrected chi connectivity index (χ3v) is 3.22. The van der Waals surface area contributed by atoms with Gasteiger partial charge in [0, 0.05) is 19.1 Å². The van der Waals surface area contributed by atoms with Gasteiger partial charge < -0.3 is 10.2 Å². The predicted octanol–water partition coefficient (Wildman–Crippen LogP) is 2.80. The number of carbonyl (C=O) groups is 1. The number of hydrogen-bond acceptors (Lipinski definition) is 2. The monoisotopic (exact) mass is 242 g/mol. The second kappa shape index (κ2) is 9.46. The molecule has 17 heavy (non-hydrogen) atoms. The quantitative estimate of drug-likeness (QED) is 0.631. The number of likely N-dealkylation sites (N-methyl/N-ethyl adjacent to an activating group) is 1. The second-order valence-electron chi connectivity index (χ2n) is 4.80. The molecular formula is C14H30N2O. The molecule has 2 atom stereocenters. The van der Waals surface area contributed by atoms with Crippen molar-refractivity contribution in [1.29, 1.82) is 0 Å². The topological polar surface area (TPSA) is 32.3 Å². The van der Waals surface area contributed by atoms with Crippen LogP contribution in [-0.4, -0.2) is 36.0 Å². The molecule has 0 fully saturated rings. The first-order valence-electron chi connectivity index (χ1n) is 7.11. The smallest absolute Gasteiger partial charge is 0.239 e. The van der Waals surface area contributed by atoms with E-state index in [0.717, 1.165) is 19.5 Å². The SMILES string of the molecule is CCCCCC(C)NC(C)C(=O)N(CC)CC. The fourth-order valence-electron chi connectivity index (χ4n) is 2.09. The molecule has 0 spiro atoms. The maximum absolute atomic E-state index is 12.0. The van der Waals surface area contributed by atoms with E-state index in [1.807, 2.05) is 25.7 Å². The minimum Gasteiger partial charge on any atom is -0.342 e. The summed E-state index contributed by atoms with van der Waals surface area (Å²) in [6, 6.07) is 0.364. The normalized spacial score (nSPS) is 14.4. The van der Waals surface area contributed by atoms with E-state index < -0.39 is 0 Å². The Labute approximate surface area is 107 Å². The molecular weight excluding hydrogens is 212 g/mol. The molecule has 3 heteroatoms. The van der Waals surface area contributed by atoms with Crippen molar-refractivity contribution in [2.45, 2.75) is 72.4 Å². The van der Waals surface area contributed by atoms with Gasteiger partial charge >= 0.3 is 0 Å². The first-order valence-corrected chi connectivity index (χ1v) is 7.11. The van der Waals surface area contributed by atoms with Gasteiger partial charge in [0.25, 0.3) is 0 Å². The summed E-state index contributed by atoms with van der Waals surface area (Å²) in [7, 11) is 0. The highest BCUT2D eigenvalue weighted by Gasteiger charge is 2.19. The Morgan fingerprint density at radius 3 is 2.18 bits per heavy atom. The summed E-state index contributed by atoms with van der Waals surface area (Å²) in [5, 5.41) is 3.40. The van der Waals surface area contributed by atoms with Crippen LogP contribution < -0.4 is 5.32 Å². The molecule has 0 aliphatic rings. The lowest BCUT2D eigenvalue weighted by Gasteiger charge is -2.25. The average Bonchev–Trinajstić information content (AvgIpc) is 2.30. The highest BCUT2D eigenvalue weighted by Crippen LogP contribution is 2.04. The molecule has 1 N–H and O–H groups in total. The number of rotatable bonds is 9. The van der Waals surface area contributed by atoms with Crippen molar-refractivity contribution in [1.82, 2.24) is 10.2 Å². The van der Waals surface area contributed by atoms with Crippen LogP contribution in [0.25, 0.3) is 0 Å². The van der Waals surface area contributed by atoms with Crippen molar-refractivity contribution < 1.29 is 4.79 Å². The standard InChI is InChI=1S/C14H30N2O/c1-6-9-10-11-12(4)15-13(5)14(17)16(7-2)8-3/h12-13,15H,6-11H2,1-5H3. The van der Waals surface area contributed by atoms with Crippen molar-refractivity contribution in [2.24, 2.45) is 0 Å². The van der Waals surface area contributed by atoms with E-state index in [2.05, 4.69) is 19.2 Å². The van der Waals surface area contributed by atoms with Gasteiger partial charge in [-0.1, -0.05) is 26.2 Å². The lowest BCUT2D eigenvalue weighted by Crippen LogP contribution is -2.47. The molecule has 0 radical (unpaired) electrons. The maximum atomic E-state index is 12.0. The Kier molecular flexibility index (Phi) is 9.14. The largest absolute Gasteiger partial charge is 0.342 e. The lowest BCUT2D eigenvalue weighted by molar-refractivity contribution is -0.132. The Hall–Kier alpha value is -0.570. The summed E-state index contributed by atoms with van der Waals surface area (Å²) in [6.45, 7) is 12.0. The van der Waals surface area contributed by atoms with Crippen LogP contribution in [0.15, 0.2) is 0 Å². The van der Waals surface area contributed by atoms with Gasteiger partial charge in [-0.25, -0.2) is 0 Å². The van der Waals surface area contributed by atoms with Crippen LogP contribution in [0.5, 0.6) is 0 Å². The number of carbonyl (C=O) groups excluding carboxylic acids is 1. The third kappa shape index (κ3) is 6.67. The van der Waals surface area contributed by atoms with E-state index >= 15 is 0 Å². The average molecular weight is 242 g/mol. The van der Waals surface area contributed by atoms with E-state index in [9.17, 15) is 4.79 Å². The van der Waals surface area contributed by atoms with Gasteiger partial charge in [0.05, 0.1) is 6.04 Å². The highest BCUT2D eigenvalue weighted by molar-refractivity contribution is 5.81. The summed E-state index contributed by atoms with van der Waals surface area (Å²) in [6.07, 6.45) is 4.94. The van der Waals surface area contributed by atoms with Gasteiger partial charge in [-0.05, 0) is 34.1 Å². The third-order valence-electron chi connectivity index (χ3n) is 3.22. The summed E-state index contributed by atoms with van der Waals surface area (Å²) < 4.78 is 0. The summed E-state index contributed by atoms with van der Waals surface area (Å²) in [5.74, 6) is 0.220. The molecule has 0 heterocycles. The first-order chi connectivity index (χ1) is 8.06. The lowest BCUT2D eigenvalue weighted by atomic mass is 10.1. The van der Waals surface area contributed by atoms with Gasteiger partial charge in [-0.15, -0.1) is 0 Å². The van der Waals surface area contributed by atoms with Gasteiger partial charge in [0.1, 0.15) is 0 Å². The van der Waals surface area contributed by atoms with Crippen LogP contribution in [0.2, 0.25) is 0 Å². The molecule has 2 unspecified atom stereocenters. The minimum absolute atomic E-state index is 0.0634. The molecule has 0 saturated carbocycles. The fourth-order valence-corrected chi connectivity index (χ4v) is 2.09. The van der Waals surface area contributed by atoms with Gasteiger partial charge in [0.2, 0.25) is 5.91 Å². The molecule has 0 saturated heterocycles. The van der Waals surface area contributed by atoms with Crippen molar-refractivity contribution in [2.75, 3.05) is 13.1 Å². The molecule has 3 nitrogen and oxygen atoms in total. The predicted molar refractivity (Wildman–Crippen MR) is 74.1 cm³/mol. The molecule has 0 aromatic rings. The number of amides is 1. The number of unbranched alkanes of at least 4 members (excludes halogenated alkanes) is 2. The van der Waals surface area contributed by atoms with Crippen molar-refractivity contribution in [3.05, 3.63) is 0 Å². The second-order valence-corrected chi connectivity index (χ2v) is 4.80. The van der Waals surface area contributed by atoms with Crippen molar-refractivity contribution in [3.8, 4) is 0 Å². The van der Waals surface area contributed by atoms with Gasteiger partial charge in [0.15, 0.2) is 0 Å². The summed E-state index contributed by atoms with van der Waals surface area (Å²) in [5.41, 5.74) is 0. The first kappa shape index (κ1) is 16.4. The summed E-state index contributed by atoms with van der Waals surface area (Å²) in [4.78, 5) is 13.9. The van der Waals surface area contributed by atoms with E-state index in [4.69, 9.17) is 0 Å². The molecule has 1 amide bonds. The minimum atomic E-state index is -0.0634. The molecule has 0 aliphatic carbocycles. The molecule has 0 aromatic carbocycles. The zero-order valence-corrected chi connectivity index (χ0v) is 12.3. The van der Waals surface area contributed by atoms with Crippen LogP contribution >= 0.6 is 0 Å². The Balaban J connectivity index is 3.97. The van der Waals surface area contributed by atoms with E-state index in [1.54, 1.807) is 0 Å². The van der Waals surface area contributed by atoms with Crippen molar-refractivity contribution >= 4 is 5.91 Å². The zero-order chi connectivity index (χ0) is 13.3. The number of nitrogens with zero attached hydrogens (tertiary/aromatic N) is 1. The van der Waals surface area contributed by atoms with E-state index in [1.165, 1.54) is 19.3 Å². The van der Waals surface area contributed by atoms with Crippen LogP contribution in [-0.2, 0) is 4.79 Å². The molecule has 0 rings (SSSR count). The highest BCUT2D eigenvalue weighted by atomic mass is 16.2. The molecule has 0 aliphatic heterocycles. The molecule has 0 aromatic heterocycles. The Morgan fingerprint density at radius 1 is 1.12 bits per heavy atom. The van der Waals surface area contributed by atoms with Gasteiger partial charge in [-0.2, -0.15) is 0 Å². The Morgan fingerprint density at radius 2 is 1.71 bits per heavy atom. The van der Waals surface area contributed by atoms with Crippen LogP contribution in [0, 0.1) is 0 Å². The Bertz CT molecular complexity index is 202.